The topological polar surface area (TPSA) is 41.1 Å². The van der Waals surface area contributed by atoms with E-state index < -0.39 is 0 Å². The molecular weight excluding hydrogens is 311 g/mol. The number of hydrogen-bond acceptors (Lipinski definition) is 2. The molecule has 2 aromatic carbocycles. The normalized spacial score (nSPS) is 16.5. The first kappa shape index (κ1) is 15.9. The van der Waals surface area contributed by atoms with Gasteiger partial charge in [-0.1, -0.05) is 30.3 Å². The maximum Gasteiger partial charge on any atom is 0.315 e. The molecule has 23 heavy (non-hydrogen) atoms. The Morgan fingerprint density at radius 3 is 2.96 bits per heavy atom. The van der Waals surface area contributed by atoms with Crippen LogP contribution in [0.4, 0.5) is 9.18 Å². The molecule has 1 unspecified atom stereocenters. The Bertz CT molecular complexity index is 692. The number of carbonyl (C=O) groups excluding carboxylic acids is 1. The quantitative estimate of drug-likeness (QED) is 0.892. The third-order valence-electron chi connectivity index (χ3n) is 3.85. The van der Waals surface area contributed by atoms with Gasteiger partial charge < -0.3 is 10.6 Å². The molecule has 1 aliphatic rings. The van der Waals surface area contributed by atoms with Crippen molar-refractivity contribution < 1.29 is 9.18 Å². The number of carbonyl (C=O) groups is 1. The van der Waals surface area contributed by atoms with Gasteiger partial charge in [0.2, 0.25) is 0 Å². The molecule has 0 bridgehead atoms. The van der Waals surface area contributed by atoms with Crippen molar-refractivity contribution in [2.45, 2.75) is 23.8 Å². The summed E-state index contributed by atoms with van der Waals surface area (Å²) >= 11 is 1.83. The first-order valence-corrected chi connectivity index (χ1v) is 8.71. The van der Waals surface area contributed by atoms with Crippen LogP contribution in [0.3, 0.4) is 0 Å². The Morgan fingerprint density at radius 2 is 2.09 bits per heavy atom. The van der Waals surface area contributed by atoms with Gasteiger partial charge in [-0.25, -0.2) is 9.18 Å². The highest BCUT2D eigenvalue weighted by Gasteiger charge is 2.21. The van der Waals surface area contributed by atoms with Crippen LogP contribution in [-0.2, 0) is 6.42 Å². The van der Waals surface area contributed by atoms with Gasteiger partial charge >= 0.3 is 6.03 Å². The second-order valence-corrected chi connectivity index (χ2v) is 6.64. The van der Waals surface area contributed by atoms with Crippen LogP contribution in [0.5, 0.6) is 0 Å². The molecule has 5 heteroatoms. The Hall–Kier alpha value is -2.01. The van der Waals surface area contributed by atoms with Gasteiger partial charge in [-0.2, -0.15) is 0 Å². The van der Waals surface area contributed by atoms with Crippen molar-refractivity contribution in [3.05, 3.63) is 65.5 Å². The van der Waals surface area contributed by atoms with Crippen molar-refractivity contribution >= 4 is 17.8 Å². The minimum atomic E-state index is -0.247. The van der Waals surface area contributed by atoms with Gasteiger partial charge in [-0.15, -0.1) is 11.8 Å². The first-order chi connectivity index (χ1) is 11.2. The van der Waals surface area contributed by atoms with Crippen molar-refractivity contribution in [1.29, 1.82) is 0 Å². The Morgan fingerprint density at radius 1 is 1.22 bits per heavy atom. The molecule has 0 saturated heterocycles. The van der Waals surface area contributed by atoms with Crippen LogP contribution in [0.25, 0.3) is 0 Å². The molecule has 0 aliphatic carbocycles. The van der Waals surface area contributed by atoms with E-state index in [1.54, 1.807) is 6.07 Å². The number of urea groups is 1. The van der Waals surface area contributed by atoms with E-state index in [-0.39, 0.29) is 17.9 Å². The molecule has 3 rings (SSSR count). The van der Waals surface area contributed by atoms with Gasteiger partial charge in [0.15, 0.2) is 0 Å². The highest BCUT2D eigenvalue weighted by molar-refractivity contribution is 7.99. The first-order valence-electron chi connectivity index (χ1n) is 7.73. The van der Waals surface area contributed by atoms with Gasteiger partial charge in [-0.05, 0) is 42.2 Å². The largest absolute Gasteiger partial charge is 0.338 e. The lowest BCUT2D eigenvalue weighted by molar-refractivity contribution is 0.236. The predicted molar refractivity (Wildman–Crippen MR) is 91.2 cm³/mol. The van der Waals surface area contributed by atoms with Gasteiger partial charge in [0.05, 0.1) is 6.04 Å². The van der Waals surface area contributed by atoms with E-state index in [4.69, 9.17) is 0 Å². The molecule has 0 aromatic heterocycles. The summed E-state index contributed by atoms with van der Waals surface area (Å²) in [6.45, 7) is 0.485. The maximum absolute atomic E-state index is 13.1. The summed E-state index contributed by atoms with van der Waals surface area (Å²) in [5.41, 5.74) is 2.06. The number of nitrogens with one attached hydrogen (secondary N) is 2. The lowest BCUT2D eigenvalue weighted by atomic mass is 10.0. The summed E-state index contributed by atoms with van der Waals surface area (Å²) in [7, 11) is 0. The van der Waals surface area contributed by atoms with Gasteiger partial charge in [0.25, 0.3) is 0 Å². The Labute approximate surface area is 139 Å². The Kier molecular flexibility index (Phi) is 5.18. The van der Waals surface area contributed by atoms with E-state index in [1.165, 1.54) is 22.6 Å². The van der Waals surface area contributed by atoms with Crippen LogP contribution in [0.15, 0.2) is 53.4 Å². The number of thioether (sulfide) groups is 1. The molecule has 0 spiro atoms. The van der Waals surface area contributed by atoms with E-state index in [9.17, 15) is 9.18 Å². The number of halogens is 1. The smallest absolute Gasteiger partial charge is 0.315 e. The fourth-order valence-electron chi connectivity index (χ4n) is 2.71. The Balaban J connectivity index is 1.50. The van der Waals surface area contributed by atoms with Crippen LogP contribution in [0, 0.1) is 5.82 Å². The van der Waals surface area contributed by atoms with Gasteiger partial charge in [0.1, 0.15) is 5.82 Å². The van der Waals surface area contributed by atoms with E-state index in [0.29, 0.717) is 13.0 Å². The highest BCUT2D eigenvalue weighted by atomic mass is 32.2. The summed E-state index contributed by atoms with van der Waals surface area (Å²) in [6.07, 6.45) is 1.54. The number of fused-ring (bicyclic) bond motifs is 1. The van der Waals surface area contributed by atoms with Crippen LogP contribution < -0.4 is 10.6 Å². The monoisotopic (exact) mass is 330 g/mol. The van der Waals surface area contributed by atoms with Crippen LogP contribution in [0.1, 0.15) is 23.6 Å². The zero-order valence-corrected chi connectivity index (χ0v) is 13.5. The molecule has 2 amide bonds. The van der Waals surface area contributed by atoms with Crippen molar-refractivity contribution in [3.8, 4) is 0 Å². The van der Waals surface area contributed by atoms with Gasteiger partial charge in [-0.3, -0.25) is 0 Å². The molecule has 1 heterocycles. The fraction of sp³-hybridized carbons (Fsp3) is 0.278. The zero-order valence-electron chi connectivity index (χ0n) is 12.7. The number of rotatable bonds is 4. The van der Waals surface area contributed by atoms with Gasteiger partial charge in [0, 0.05) is 17.2 Å². The second kappa shape index (κ2) is 7.51. The average molecular weight is 330 g/mol. The molecule has 120 valence electrons. The van der Waals surface area contributed by atoms with Crippen LogP contribution in [0.2, 0.25) is 0 Å². The standard InChI is InChI=1S/C18H19FN2OS/c19-14-5-3-4-13(12-14)8-10-20-18(22)21-16-9-11-23-17-7-2-1-6-15(16)17/h1-7,12,16H,8-11H2,(H2,20,21,22). The lowest BCUT2D eigenvalue weighted by Crippen LogP contribution is -2.39. The molecular formula is C18H19FN2OS. The van der Waals surface area contributed by atoms with E-state index in [1.807, 2.05) is 30.0 Å². The summed E-state index contributed by atoms with van der Waals surface area (Å²) in [6, 6.07) is 14.5. The molecule has 0 radical (unpaired) electrons. The van der Waals surface area contributed by atoms with Crippen molar-refractivity contribution in [2.75, 3.05) is 12.3 Å². The maximum atomic E-state index is 13.1. The second-order valence-electron chi connectivity index (χ2n) is 5.51. The minimum Gasteiger partial charge on any atom is -0.338 e. The fourth-order valence-corrected chi connectivity index (χ4v) is 3.84. The van der Waals surface area contributed by atoms with Crippen molar-refractivity contribution in [1.82, 2.24) is 10.6 Å². The highest BCUT2D eigenvalue weighted by Crippen LogP contribution is 2.35. The number of amides is 2. The third-order valence-corrected chi connectivity index (χ3v) is 4.97. The number of benzene rings is 2. The lowest BCUT2D eigenvalue weighted by Gasteiger charge is -2.25. The van der Waals surface area contributed by atoms with Crippen molar-refractivity contribution in [3.63, 3.8) is 0 Å². The number of hydrogen-bond donors (Lipinski definition) is 2. The molecule has 1 aliphatic heterocycles. The summed E-state index contributed by atoms with van der Waals surface area (Å²) in [5.74, 6) is 0.758. The zero-order chi connectivity index (χ0) is 16.1. The molecule has 0 saturated carbocycles. The van der Waals surface area contributed by atoms with E-state index in [0.717, 1.165) is 17.7 Å². The average Bonchev–Trinajstić information content (AvgIpc) is 2.55. The molecule has 3 nitrogen and oxygen atoms in total. The summed E-state index contributed by atoms with van der Waals surface area (Å²) < 4.78 is 13.1. The SMILES string of the molecule is O=C(NCCc1cccc(F)c1)NC1CCSc2ccccc21. The van der Waals surface area contributed by atoms with E-state index >= 15 is 0 Å². The summed E-state index contributed by atoms with van der Waals surface area (Å²) in [4.78, 5) is 13.3. The minimum absolute atomic E-state index is 0.0571. The van der Waals surface area contributed by atoms with Crippen LogP contribution >= 0.6 is 11.8 Å². The predicted octanol–water partition coefficient (Wildman–Crippen LogP) is 3.90. The van der Waals surface area contributed by atoms with E-state index in [2.05, 4.69) is 22.8 Å². The molecule has 0 fully saturated rings. The molecule has 2 aromatic rings. The molecule has 1 atom stereocenters. The summed E-state index contributed by atoms with van der Waals surface area (Å²) in [5, 5.41) is 5.88. The molecule has 2 N–H and O–H groups in total. The third kappa shape index (κ3) is 4.26. The van der Waals surface area contributed by atoms with Crippen molar-refractivity contribution in [2.24, 2.45) is 0 Å². The van der Waals surface area contributed by atoms with Crippen LogP contribution in [-0.4, -0.2) is 18.3 Å².